The maximum absolute atomic E-state index is 11.5. The molecule has 6 rings (SSSR count). The van der Waals surface area contributed by atoms with Crippen molar-refractivity contribution in [2.75, 3.05) is 6.61 Å². The lowest BCUT2D eigenvalue weighted by atomic mass is 10.2. The van der Waals surface area contributed by atoms with Crippen LogP contribution in [0, 0.1) is 20.8 Å². The fourth-order valence-corrected chi connectivity index (χ4v) is 4.78. The van der Waals surface area contributed by atoms with Crippen LogP contribution < -0.4 is 0 Å². The van der Waals surface area contributed by atoms with E-state index in [1.165, 1.54) is 22.0 Å². The highest BCUT2D eigenvalue weighted by molar-refractivity contribution is 5.83. The molecule has 39 heavy (non-hydrogen) atoms. The number of para-hydroxylation sites is 3. The second kappa shape index (κ2) is 12.8. The molecule has 0 unspecified atom stereocenters. The van der Waals surface area contributed by atoms with Gasteiger partial charge in [0.05, 0.1) is 13.2 Å². The fourth-order valence-electron chi connectivity index (χ4n) is 4.78. The molecule has 0 saturated carbocycles. The molecule has 3 heterocycles. The molecule has 0 spiro atoms. The highest BCUT2D eigenvalue weighted by Crippen LogP contribution is 2.20. The van der Waals surface area contributed by atoms with E-state index in [1.54, 1.807) is 0 Å². The summed E-state index contributed by atoms with van der Waals surface area (Å²) in [7, 11) is 0. The van der Waals surface area contributed by atoms with Crippen LogP contribution in [0.2, 0.25) is 0 Å². The van der Waals surface area contributed by atoms with Crippen LogP contribution in [0.25, 0.3) is 32.7 Å². The molecule has 0 saturated heterocycles. The van der Waals surface area contributed by atoms with Crippen molar-refractivity contribution in [2.45, 2.75) is 40.8 Å². The second-order valence-corrected chi connectivity index (χ2v) is 9.40. The summed E-state index contributed by atoms with van der Waals surface area (Å²) in [6.07, 6.45) is 0.930. The second-order valence-electron chi connectivity index (χ2n) is 9.40. The summed E-state index contributed by atoms with van der Waals surface area (Å²) < 4.78 is 8.96. The summed E-state index contributed by atoms with van der Waals surface area (Å²) in [4.78, 5) is 25.2. The zero-order valence-corrected chi connectivity index (χ0v) is 23.0. The summed E-state index contributed by atoms with van der Waals surface area (Å²) in [5, 5.41) is 3.64. The average Bonchev–Trinajstić information content (AvgIpc) is 3.57. The maximum atomic E-state index is 11.5. The number of esters is 1. The first-order valence-corrected chi connectivity index (χ1v) is 13.1. The van der Waals surface area contributed by atoms with Gasteiger partial charge in [0, 0.05) is 33.6 Å². The highest BCUT2D eigenvalue weighted by Gasteiger charge is 2.09. The molecule has 0 amide bonds. The molecule has 6 heteroatoms. The topological polar surface area (TPSA) is 69.0 Å². The van der Waals surface area contributed by atoms with Crippen molar-refractivity contribution in [3.05, 3.63) is 108 Å². The number of ether oxygens (including phenoxy) is 1. The minimum atomic E-state index is -0.188. The van der Waals surface area contributed by atoms with E-state index < -0.39 is 0 Å². The number of carbonyl (C=O) groups excluding carboxylic acids is 2. The number of aromatic nitrogens is 3. The molecule has 3 aromatic carbocycles. The lowest BCUT2D eigenvalue weighted by Crippen LogP contribution is -2.14. The number of H-pyrrole nitrogens is 1. The molecule has 0 radical (unpaired) electrons. The Hall–Kier alpha value is -4.58. The highest BCUT2D eigenvalue weighted by atomic mass is 16.5. The number of aldehydes is 1. The minimum Gasteiger partial charge on any atom is -0.465 e. The number of hydrogen-bond acceptors (Lipinski definition) is 3. The van der Waals surface area contributed by atoms with Crippen molar-refractivity contribution >= 4 is 45.0 Å². The Morgan fingerprint density at radius 2 is 1.31 bits per heavy atom. The molecule has 1 N–H and O–H groups in total. The van der Waals surface area contributed by atoms with Gasteiger partial charge < -0.3 is 23.6 Å². The summed E-state index contributed by atoms with van der Waals surface area (Å²) in [5.74, 6) is -0.188. The predicted octanol–water partition coefficient (Wildman–Crippen LogP) is 7.14. The van der Waals surface area contributed by atoms with Crippen LogP contribution in [0.5, 0.6) is 0 Å². The van der Waals surface area contributed by atoms with E-state index in [1.807, 2.05) is 78.4 Å². The van der Waals surface area contributed by atoms with Gasteiger partial charge >= 0.3 is 5.97 Å². The van der Waals surface area contributed by atoms with Gasteiger partial charge in [-0.15, -0.1) is 0 Å². The predicted molar refractivity (Wildman–Crippen MR) is 159 cm³/mol. The molecule has 0 aliphatic carbocycles. The number of nitrogens with zero attached hydrogens (tertiary/aromatic N) is 2. The van der Waals surface area contributed by atoms with Gasteiger partial charge in [-0.1, -0.05) is 54.6 Å². The number of rotatable bonds is 5. The maximum Gasteiger partial charge on any atom is 0.325 e. The van der Waals surface area contributed by atoms with Gasteiger partial charge in [-0.2, -0.15) is 0 Å². The van der Waals surface area contributed by atoms with Crippen molar-refractivity contribution in [1.82, 2.24) is 14.1 Å². The van der Waals surface area contributed by atoms with Gasteiger partial charge in [0.15, 0.2) is 0 Å². The first-order chi connectivity index (χ1) is 18.9. The zero-order valence-electron chi connectivity index (χ0n) is 23.0. The smallest absolute Gasteiger partial charge is 0.325 e. The first kappa shape index (κ1) is 27.5. The van der Waals surface area contributed by atoms with Gasteiger partial charge in [0.1, 0.15) is 12.8 Å². The summed E-state index contributed by atoms with van der Waals surface area (Å²) in [5.41, 5.74) is 6.86. The quantitative estimate of drug-likeness (QED) is 0.194. The van der Waals surface area contributed by atoms with Gasteiger partial charge in [-0.25, -0.2) is 0 Å². The monoisotopic (exact) mass is 521 g/mol. The molecule has 0 bridgehead atoms. The minimum absolute atomic E-state index is 0.188. The Morgan fingerprint density at radius 3 is 1.90 bits per heavy atom. The molecule has 6 nitrogen and oxygen atoms in total. The van der Waals surface area contributed by atoms with E-state index in [0.29, 0.717) is 13.2 Å². The molecule has 0 aliphatic heterocycles. The number of nitrogens with one attached hydrogen (secondary N) is 1. The number of hydrogen-bond donors (Lipinski definition) is 1. The van der Waals surface area contributed by atoms with E-state index >= 15 is 0 Å². The normalized spacial score (nSPS) is 10.6. The third-order valence-corrected chi connectivity index (χ3v) is 6.55. The Labute approximate surface area is 228 Å². The molecule has 6 aromatic rings. The van der Waals surface area contributed by atoms with Crippen molar-refractivity contribution in [2.24, 2.45) is 0 Å². The molecule has 0 aliphatic rings. The Balaban J connectivity index is 0.000000139. The van der Waals surface area contributed by atoms with Crippen molar-refractivity contribution < 1.29 is 14.3 Å². The molecular weight excluding hydrogens is 486 g/mol. The zero-order chi connectivity index (χ0) is 27.8. The first-order valence-electron chi connectivity index (χ1n) is 13.1. The van der Waals surface area contributed by atoms with Crippen LogP contribution in [0.4, 0.5) is 0 Å². The Bertz CT molecular complexity index is 1670. The van der Waals surface area contributed by atoms with E-state index in [-0.39, 0.29) is 12.5 Å². The fraction of sp³-hybridized carbons (Fsp3) is 0.212. The van der Waals surface area contributed by atoms with E-state index in [9.17, 15) is 9.59 Å². The van der Waals surface area contributed by atoms with Gasteiger partial charge in [0.25, 0.3) is 0 Å². The Morgan fingerprint density at radius 1 is 0.769 bits per heavy atom. The SMILES string of the molecule is CCOC(=O)Cn1c(C)cc2ccccc21.Cc1cc2ccccc2[nH]1.Cc1cc2ccccc2n1CC=O. The van der Waals surface area contributed by atoms with Gasteiger partial charge in [-0.3, -0.25) is 4.79 Å². The lowest BCUT2D eigenvalue weighted by molar-refractivity contribution is -0.143. The summed E-state index contributed by atoms with van der Waals surface area (Å²) >= 11 is 0. The van der Waals surface area contributed by atoms with E-state index in [4.69, 9.17) is 4.74 Å². The molecular formula is C33H35N3O3. The number of carbonyl (C=O) groups is 2. The molecule has 3 aromatic heterocycles. The van der Waals surface area contributed by atoms with Crippen LogP contribution >= 0.6 is 0 Å². The van der Waals surface area contributed by atoms with Crippen LogP contribution in [0.15, 0.2) is 91.0 Å². The van der Waals surface area contributed by atoms with Crippen molar-refractivity contribution in [3.63, 3.8) is 0 Å². The lowest BCUT2D eigenvalue weighted by Gasteiger charge is -2.07. The average molecular weight is 522 g/mol. The van der Waals surface area contributed by atoms with Crippen LogP contribution in [-0.4, -0.2) is 33.0 Å². The van der Waals surface area contributed by atoms with Crippen LogP contribution in [-0.2, 0) is 27.4 Å². The van der Waals surface area contributed by atoms with Crippen LogP contribution in [0.1, 0.15) is 24.0 Å². The largest absolute Gasteiger partial charge is 0.465 e. The third-order valence-electron chi connectivity index (χ3n) is 6.55. The number of aryl methyl sites for hydroxylation is 3. The number of benzene rings is 3. The number of fused-ring (bicyclic) bond motifs is 3. The van der Waals surface area contributed by atoms with Gasteiger partial charge in [0.2, 0.25) is 0 Å². The standard InChI is InChI=1S/C13H15NO2.C11H11NO.C9H9N/c1-3-16-13(15)9-14-10(2)8-11-6-4-5-7-12(11)14;1-9-8-10-4-2-3-5-11(10)12(9)6-7-13;1-7-6-8-4-2-3-5-9(8)10-7/h4-8H,3,9H2,1-2H3;2-5,7-8H,6H2,1H3;2-6,10H,1H3. The van der Waals surface area contributed by atoms with Crippen molar-refractivity contribution in [3.8, 4) is 0 Å². The molecule has 0 fully saturated rings. The van der Waals surface area contributed by atoms with E-state index in [2.05, 4.69) is 54.4 Å². The summed E-state index contributed by atoms with van der Waals surface area (Å²) in [6, 6.07) is 30.7. The van der Waals surface area contributed by atoms with E-state index in [0.717, 1.165) is 34.1 Å². The van der Waals surface area contributed by atoms with Crippen LogP contribution in [0.3, 0.4) is 0 Å². The number of aromatic amines is 1. The summed E-state index contributed by atoms with van der Waals surface area (Å²) in [6.45, 7) is 9.06. The Kier molecular flexibility index (Phi) is 9.00. The van der Waals surface area contributed by atoms with Gasteiger partial charge in [-0.05, 0) is 80.3 Å². The van der Waals surface area contributed by atoms with Crippen molar-refractivity contribution in [1.29, 1.82) is 0 Å². The molecule has 200 valence electrons. The third kappa shape index (κ3) is 6.65. The molecule has 0 atom stereocenters.